The highest BCUT2D eigenvalue weighted by atomic mass is 32.2. The summed E-state index contributed by atoms with van der Waals surface area (Å²) < 4.78 is 0. The Morgan fingerprint density at radius 2 is 2.20 bits per heavy atom. The zero-order chi connectivity index (χ0) is 10.7. The molecule has 2 rings (SSSR count). The first kappa shape index (κ1) is 11.7. The first-order valence-electron chi connectivity index (χ1n) is 6.27. The van der Waals surface area contributed by atoms with E-state index in [4.69, 9.17) is 0 Å². The summed E-state index contributed by atoms with van der Waals surface area (Å²) in [6.45, 7) is 4.83. The third kappa shape index (κ3) is 3.97. The Morgan fingerprint density at radius 3 is 2.80 bits per heavy atom. The topological polar surface area (TPSA) is 15.3 Å². The van der Waals surface area contributed by atoms with Crippen LogP contribution in [0, 0.1) is 5.92 Å². The van der Waals surface area contributed by atoms with Crippen LogP contribution in [0.2, 0.25) is 0 Å². The SMILES string of the molecule is CC(CNC1CC1)CN(C)C1CCSC1. The van der Waals surface area contributed by atoms with Gasteiger partial charge in [0.05, 0.1) is 0 Å². The van der Waals surface area contributed by atoms with Crippen molar-refractivity contribution in [3.8, 4) is 0 Å². The minimum atomic E-state index is 0.793. The summed E-state index contributed by atoms with van der Waals surface area (Å²) in [5.41, 5.74) is 0. The van der Waals surface area contributed by atoms with Crippen molar-refractivity contribution >= 4 is 11.8 Å². The van der Waals surface area contributed by atoms with Gasteiger partial charge >= 0.3 is 0 Å². The van der Waals surface area contributed by atoms with E-state index in [0.29, 0.717) is 0 Å². The van der Waals surface area contributed by atoms with Gasteiger partial charge in [0.25, 0.3) is 0 Å². The van der Waals surface area contributed by atoms with Gasteiger partial charge in [0, 0.05) is 24.4 Å². The Balaban J connectivity index is 1.60. The lowest BCUT2D eigenvalue weighted by Crippen LogP contribution is -2.38. The molecule has 0 aromatic rings. The van der Waals surface area contributed by atoms with Crippen LogP contribution in [0.15, 0.2) is 0 Å². The van der Waals surface area contributed by atoms with Crippen molar-refractivity contribution in [1.29, 1.82) is 0 Å². The summed E-state index contributed by atoms with van der Waals surface area (Å²) in [5, 5.41) is 3.62. The van der Waals surface area contributed by atoms with E-state index in [0.717, 1.165) is 18.0 Å². The van der Waals surface area contributed by atoms with E-state index in [2.05, 4.69) is 35.9 Å². The first-order valence-corrected chi connectivity index (χ1v) is 7.42. The second-order valence-corrected chi connectivity index (χ2v) is 6.39. The van der Waals surface area contributed by atoms with Crippen LogP contribution in [0.5, 0.6) is 0 Å². The normalized spacial score (nSPS) is 28.6. The van der Waals surface area contributed by atoms with Crippen LogP contribution in [0.3, 0.4) is 0 Å². The van der Waals surface area contributed by atoms with Crippen LogP contribution in [-0.4, -0.2) is 48.6 Å². The molecule has 1 aliphatic carbocycles. The van der Waals surface area contributed by atoms with Crippen molar-refractivity contribution in [3.63, 3.8) is 0 Å². The predicted molar refractivity (Wildman–Crippen MR) is 68.5 cm³/mol. The van der Waals surface area contributed by atoms with Crippen molar-refractivity contribution in [2.24, 2.45) is 5.92 Å². The summed E-state index contributed by atoms with van der Waals surface area (Å²) in [6.07, 6.45) is 4.20. The summed E-state index contributed by atoms with van der Waals surface area (Å²) in [7, 11) is 2.30. The highest BCUT2D eigenvalue weighted by molar-refractivity contribution is 7.99. The number of hydrogen-bond acceptors (Lipinski definition) is 3. The molecule has 2 fully saturated rings. The van der Waals surface area contributed by atoms with Crippen LogP contribution in [0.4, 0.5) is 0 Å². The molecule has 1 saturated heterocycles. The number of nitrogens with zero attached hydrogens (tertiary/aromatic N) is 1. The number of rotatable bonds is 6. The third-order valence-corrected chi connectivity index (χ3v) is 4.61. The molecule has 0 aromatic heterocycles. The second-order valence-electron chi connectivity index (χ2n) is 5.24. The Kier molecular flexibility index (Phi) is 4.35. The zero-order valence-electron chi connectivity index (χ0n) is 10.0. The molecule has 88 valence electrons. The molecule has 3 heteroatoms. The smallest absolute Gasteiger partial charge is 0.0191 e. The van der Waals surface area contributed by atoms with Gasteiger partial charge in [-0.25, -0.2) is 0 Å². The molecular formula is C12H24N2S. The van der Waals surface area contributed by atoms with Crippen molar-refractivity contribution < 1.29 is 0 Å². The fraction of sp³-hybridized carbons (Fsp3) is 1.00. The van der Waals surface area contributed by atoms with Gasteiger partial charge in [-0.2, -0.15) is 11.8 Å². The van der Waals surface area contributed by atoms with Crippen LogP contribution in [0.25, 0.3) is 0 Å². The molecule has 0 radical (unpaired) electrons. The van der Waals surface area contributed by atoms with Crippen LogP contribution >= 0.6 is 11.8 Å². The highest BCUT2D eigenvalue weighted by Gasteiger charge is 2.23. The van der Waals surface area contributed by atoms with Crippen LogP contribution in [-0.2, 0) is 0 Å². The monoisotopic (exact) mass is 228 g/mol. The Bertz CT molecular complexity index is 188. The zero-order valence-corrected chi connectivity index (χ0v) is 10.9. The molecule has 2 nitrogen and oxygen atoms in total. The molecule has 2 unspecified atom stereocenters. The molecule has 0 amide bonds. The minimum Gasteiger partial charge on any atom is -0.314 e. The lowest BCUT2D eigenvalue weighted by Gasteiger charge is -2.26. The van der Waals surface area contributed by atoms with Gasteiger partial charge in [-0.1, -0.05) is 6.92 Å². The fourth-order valence-electron chi connectivity index (χ4n) is 2.23. The summed E-state index contributed by atoms with van der Waals surface area (Å²) in [4.78, 5) is 2.57. The number of hydrogen-bond donors (Lipinski definition) is 1. The van der Waals surface area contributed by atoms with Crippen LogP contribution < -0.4 is 5.32 Å². The lowest BCUT2D eigenvalue weighted by molar-refractivity contribution is 0.225. The maximum absolute atomic E-state index is 3.62. The molecule has 2 atom stereocenters. The highest BCUT2D eigenvalue weighted by Crippen LogP contribution is 2.22. The molecular weight excluding hydrogens is 204 g/mol. The molecule has 0 bridgehead atoms. The van der Waals surface area contributed by atoms with E-state index in [1.807, 2.05) is 0 Å². The summed E-state index contributed by atoms with van der Waals surface area (Å²) in [6, 6.07) is 1.71. The average molecular weight is 228 g/mol. The molecule has 0 aromatic carbocycles. The molecule has 0 spiro atoms. The predicted octanol–water partition coefficient (Wildman–Crippen LogP) is 1.81. The van der Waals surface area contributed by atoms with E-state index < -0.39 is 0 Å². The first-order chi connectivity index (χ1) is 7.25. The van der Waals surface area contributed by atoms with E-state index in [-0.39, 0.29) is 0 Å². The van der Waals surface area contributed by atoms with Gasteiger partial charge in [0.15, 0.2) is 0 Å². The lowest BCUT2D eigenvalue weighted by atomic mass is 10.1. The van der Waals surface area contributed by atoms with E-state index in [9.17, 15) is 0 Å². The quantitative estimate of drug-likeness (QED) is 0.746. The summed E-state index contributed by atoms with van der Waals surface area (Å²) in [5.74, 6) is 3.50. The van der Waals surface area contributed by atoms with Gasteiger partial charge in [0.1, 0.15) is 0 Å². The van der Waals surface area contributed by atoms with E-state index in [1.165, 1.54) is 43.9 Å². The van der Waals surface area contributed by atoms with E-state index in [1.54, 1.807) is 0 Å². The summed E-state index contributed by atoms with van der Waals surface area (Å²) >= 11 is 2.11. The molecule has 15 heavy (non-hydrogen) atoms. The van der Waals surface area contributed by atoms with Gasteiger partial charge < -0.3 is 10.2 Å². The van der Waals surface area contributed by atoms with E-state index >= 15 is 0 Å². The molecule has 1 saturated carbocycles. The maximum Gasteiger partial charge on any atom is 0.0191 e. The second kappa shape index (κ2) is 5.55. The minimum absolute atomic E-state index is 0.793. The van der Waals surface area contributed by atoms with Crippen molar-refractivity contribution in [1.82, 2.24) is 10.2 Å². The van der Waals surface area contributed by atoms with Crippen molar-refractivity contribution in [2.75, 3.05) is 31.6 Å². The Morgan fingerprint density at radius 1 is 1.40 bits per heavy atom. The maximum atomic E-state index is 3.62. The molecule has 1 aliphatic heterocycles. The van der Waals surface area contributed by atoms with Crippen molar-refractivity contribution in [2.45, 2.75) is 38.3 Å². The molecule has 2 aliphatic rings. The fourth-order valence-corrected chi connectivity index (χ4v) is 3.53. The number of nitrogens with one attached hydrogen (secondary N) is 1. The molecule has 1 heterocycles. The average Bonchev–Trinajstić information content (AvgIpc) is 2.87. The van der Waals surface area contributed by atoms with Gasteiger partial charge in [-0.3, -0.25) is 0 Å². The molecule has 1 N–H and O–H groups in total. The van der Waals surface area contributed by atoms with Crippen molar-refractivity contribution in [3.05, 3.63) is 0 Å². The Labute approximate surface area is 98.2 Å². The standard InChI is InChI=1S/C12H24N2S/c1-10(7-13-11-3-4-11)8-14(2)12-5-6-15-9-12/h10-13H,3-9H2,1-2H3. The largest absolute Gasteiger partial charge is 0.314 e. The van der Waals surface area contributed by atoms with Gasteiger partial charge in [0.2, 0.25) is 0 Å². The van der Waals surface area contributed by atoms with Gasteiger partial charge in [-0.05, 0) is 44.5 Å². The Hall–Kier alpha value is 0.270. The number of thioether (sulfide) groups is 1. The van der Waals surface area contributed by atoms with Gasteiger partial charge in [-0.15, -0.1) is 0 Å². The third-order valence-electron chi connectivity index (χ3n) is 3.46. The van der Waals surface area contributed by atoms with Crippen LogP contribution in [0.1, 0.15) is 26.2 Å².